The molecule has 1 saturated heterocycles. The molecule has 0 aromatic carbocycles. The van der Waals surface area contributed by atoms with Gasteiger partial charge >= 0.3 is 0 Å². The minimum atomic E-state index is 0.419. The predicted octanol–water partition coefficient (Wildman–Crippen LogP) is 1.52. The molecule has 0 aliphatic carbocycles. The lowest BCUT2D eigenvalue weighted by Gasteiger charge is -2.10. The fourth-order valence-electron chi connectivity index (χ4n) is 2.14. The van der Waals surface area contributed by atoms with E-state index in [2.05, 4.69) is 20.0 Å². The number of nitrogens with zero attached hydrogens (tertiary/aromatic N) is 5. The molecular formula is C11H14ClN5O. The fourth-order valence-corrected chi connectivity index (χ4v) is 2.38. The number of fused-ring (bicyclic) bond motifs is 1. The molecule has 7 heteroatoms. The van der Waals surface area contributed by atoms with Gasteiger partial charge in [0, 0.05) is 20.2 Å². The summed E-state index contributed by atoms with van der Waals surface area (Å²) < 4.78 is 6.61. The first-order valence-corrected chi connectivity index (χ1v) is 6.32. The van der Waals surface area contributed by atoms with Crippen LogP contribution in [0.4, 0.5) is 5.95 Å². The van der Waals surface area contributed by atoms with Crippen LogP contribution in [-0.4, -0.2) is 39.8 Å². The quantitative estimate of drug-likeness (QED) is 0.790. The zero-order chi connectivity index (χ0) is 12.5. The van der Waals surface area contributed by atoms with Crippen LogP contribution in [-0.2, 0) is 11.3 Å². The Morgan fingerprint density at radius 2 is 2.11 bits per heavy atom. The van der Waals surface area contributed by atoms with Gasteiger partial charge in [-0.15, -0.1) is 5.10 Å². The molecular weight excluding hydrogens is 254 g/mol. The summed E-state index contributed by atoms with van der Waals surface area (Å²) in [5, 5.41) is 4.90. The van der Waals surface area contributed by atoms with Crippen LogP contribution in [0.15, 0.2) is 6.07 Å². The lowest BCUT2D eigenvalue weighted by atomic mass is 10.4. The highest BCUT2D eigenvalue weighted by Gasteiger charge is 2.18. The predicted molar refractivity (Wildman–Crippen MR) is 68.0 cm³/mol. The van der Waals surface area contributed by atoms with Gasteiger partial charge in [-0.05, 0) is 18.9 Å². The summed E-state index contributed by atoms with van der Waals surface area (Å²) in [6, 6.07) is 1.75. The van der Waals surface area contributed by atoms with E-state index >= 15 is 0 Å². The molecule has 0 atom stereocenters. The molecule has 1 aliphatic heterocycles. The van der Waals surface area contributed by atoms with Gasteiger partial charge in [-0.3, -0.25) is 0 Å². The van der Waals surface area contributed by atoms with E-state index in [0.717, 1.165) is 18.8 Å². The largest absolute Gasteiger partial charge is 0.378 e. The summed E-state index contributed by atoms with van der Waals surface area (Å²) in [4.78, 5) is 10.9. The number of methoxy groups -OCH3 is 1. The highest BCUT2D eigenvalue weighted by atomic mass is 35.5. The number of hydrogen-bond donors (Lipinski definition) is 0. The molecule has 6 nitrogen and oxygen atoms in total. The van der Waals surface area contributed by atoms with Gasteiger partial charge in [-0.1, -0.05) is 11.6 Å². The summed E-state index contributed by atoms with van der Waals surface area (Å²) in [6.07, 6.45) is 2.37. The number of aromatic nitrogens is 4. The molecule has 18 heavy (non-hydrogen) atoms. The van der Waals surface area contributed by atoms with E-state index in [-0.39, 0.29) is 0 Å². The van der Waals surface area contributed by atoms with Crippen molar-refractivity contribution in [2.24, 2.45) is 0 Å². The second kappa shape index (κ2) is 4.70. The number of halogens is 1. The van der Waals surface area contributed by atoms with Gasteiger partial charge in [0.15, 0.2) is 0 Å². The Balaban J connectivity index is 2.02. The standard InChI is InChI=1S/C11H14ClN5O/c1-18-7-8-6-9(12)17-10(13-8)14-11(15-17)16-4-2-3-5-16/h6H,2-5,7H2,1H3. The molecule has 0 saturated carbocycles. The second-order valence-electron chi connectivity index (χ2n) is 4.32. The highest BCUT2D eigenvalue weighted by Crippen LogP contribution is 2.19. The van der Waals surface area contributed by atoms with Gasteiger partial charge in [-0.25, -0.2) is 4.98 Å². The average Bonchev–Trinajstić information content (AvgIpc) is 2.97. The van der Waals surface area contributed by atoms with E-state index < -0.39 is 0 Å². The Labute approximate surface area is 110 Å². The number of ether oxygens (including phenoxy) is 1. The molecule has 1 aliphatic rings. The van der Waals surface area contributed by atoms with Crippen molar-refractivity contribution in [2.75, 3.05) is 25.1 Å². The van der Waals surface area contributed by atoms with Crippen molar-refractivity contribution in [2.45, 2.75) is 19.4 Å². The van der Waals surface area contributed by atoms with Crippen LogP contribution < -0.4 is 4.90 Å². The summed E-state index contributed by atoms with van der Waals surface area (Å²) in [7, 11) is 1.62. The van der Waals surface area contributed by atoms with Crippen LogP contribution in [0.3, 0.4) is 0 Å². The van der Waals surface area contributed by atoms with E-state index in [1.165, 1.54) is 12.8 Å². The molecule has 0 spiro atoms. The van der Waals surface area contributed by atoms with Crippen molar-refractivity contribution >= 4 is 23.3 Å². The minimum absolute atomic E-state index is 0.419. The summed E-state index contributed by atoms with van der Waals surface area (Å²) in [5.74, 6) is 1.23. The van der Waals surface area contributed by atoms with Crippen molar-refractivity contribution in [3.63, 3.8) is 0 Å². The van der Waals surface area contributed by atoms with Crippen LogP contribution >= 0.6 is 11.6 Å². The van der Waals surface area contributed by atoms with E-state index in [1.54, 1.807) is 17.7 Å². The Bertz CT molecular complexity index is 564. The van der Waals surface area contributed by atoms with Crippen molar-refractivity contribution in [3.8, 4) is 0 Å². The third kappa shape index (κ3) is 2.02. The molecule has 96 valence electrons. The smallest absolute Gasteiger partial charge is 0.255 e. The maximum absolute atomic E-state index is 6.16. The molecule has 0 N–H and O–H groups in total. The minimum Gasteiger partial charge on any atom is -0.378 e. The fraction of sp³-hybridized carbons (Fsp3) is 0.545. The average molecular weight is 268 g/mol. The first kappa shape index (κ1) is 11.7. The highest BCUT2D eigenvalue weighted by molar-refractivity contribution is 6.29. The molecule has 0 amide bonds. The van der Waals surface area contributed by atoms with Crippen molar-refractivity contribution in [1.29, 1.82) is 0 Å². The lowest BCUT2D eigenvalue weighted by molar-refractivity contribution is 0.181. The van der Waals surface area contributed by atoms with Crippen LogP contribution in [0.5, 0.6) is 0 Å². The first-order valence-electron chi connectivity index (χ1n) is 5.94. The van der Waals surface area contributed by atoms with Crippen LogP contribution in [0.25, 0.3) is 5.78 Å². The zero-order valence-electron chi connectivity index (χ0n) is 10.1. The topological polar surface area (TPSA) is 55.6 Å². The molecule has 0 unspecified atom stereocenters. The Morgan fingerprint density at radius 1 is 1.33 bits per heavy atom. The number of rotatable bonds is 3. The molecule has 3 heterocycles. The summed E-state index contributed by atoms with van der Waals surface area (Å²) >= 11 is 6.16. The van der Waals surface area contributed by atoms with Crippen molar-refractivity contribution in [3.05, 3.63) is 16.9 Å². The second-order valence-corrected chi connectivity index (χ2v) is 4.71. The van der Waals surface area contributed by atoms with E-state index in [0.29, 0.717) is 23.5 Å². The van der Waals surface area contributed by atoms with Crippen LogP contribution in [0.2, 0.25) is 5.15 Å². The maximum Gasteiger partial charge on any atom is 0.255 e. The van der Waals surface area contributed by atoms with Crippen molar-refractivity contribution < 1.29 is 4.74 Å². The normalized spacial score (nSPS) is 15.8. The van der Waals surface area contributed by atoms with E-state index in [4.69, 9.17) is 16.3 Å². The lowest BCUT2D eigenvalue weighted by Crippen LogP contribution is -2.19. The van der Waals surface area contributed by atoms with Gasteiger partial charge in [0.1, 0.15) is 5.15 Å². The molecule has 0 radical (unpaired) electrons. The summed E-state index contributed by atoms with van der Waals surface area (Å²) in [6.45, 7) is 2.42. The maximum atomic E-state index is 6.16. The molecule has 3 rings (SSSR count). The van der Waals surface area contributed by atoms with Gasteiger partial charge in [0.05, 0.1) is 12.3 Å². The third-order valence-electron chi connectivity index (χ3n) is 2.99. The number of hydrogen-bond acceptors (Lipinski definition) is 5. The van der Waals surface area contributed by atoms with Gasteiger partial charge < -0.3 is 9.64 Å². The Kier molecular flexibility index (Phi) is 3.05. The SMILES string of the molecule is COCc1cc(Cl)n2nc(N3CCCC3)nc2n1. The molecule has 1 fully saturated rings. The molecule has 2 aromatic heterocycles. The van der Waals surface area contributed by atoms with Gasteiger partial charge in [0.25, 0.3) is 5.78 Å². The monoisotopic (exact) mass is 267 g/mol. The van der Waals surface area contributed by atoms with Gasteiger partial charge in [0.2, 0.25) is 5.95 Å². The van der Waals surface area contributed by atoms with Gasteiger partial charge in [-0.2, -0.15) is 9.50 Å². The zero-order valence-corrected chi connectivity index (χ0v) is 10.9. The molecule has 0 bridgehead atoms. The third-order valence-corrected chi connectivity index (χ3v) is 3.26. The van der Waals surface area contributed by atoms with Crippen LogP contribution in [0, 0.1) is 0 Å². The molecule has 2 aromatic rings. The first-order chi connectivity index (χ1) is 8.78. The number of anilines is 1. The van der Waals surface area contributed by atoms with E-state index in [1.807, 2.05) is 0 Å². The van der Waals surface area contributed by atoms with Crippen LogP contribution in [0.1, 0.15) is 18.5 Å². The van der Waals surface area contributed by atoms with Crippen molar-refractivity contribution in [1.82, 2.24) is 19.6 Å². The Morgan fingerprint density at radius 3 is 2.83 bits per heavy atom. The Hall–Kier alpha value is -1.40. The summed E-state index contributed by atoms with van der Waals surface area (Å²) in [5.41, 5.74) is 0.760. The van der Waals surface area contributed by atoms with E-state index in [9.17, 15) is 0 Å².